The number of aliphatic hydroxyl groups is 2. The molecule has 0 heterocycles. The summed E-state index contributed by atoms with van der Waals surface area (Å²) in [5.41, 5.74) is 0.806. The molecule has 4 aliphatic rings. The second kappa shape index (κ2) is 28.2. The first kappa shape index (κ1) is 55.4. The lowest BCUT2D eigenvalue weighted by atomic mass is 9.47. The van der Waals surface area contributed by atoms with Gasteiger partial charge in [-0.25, -0.2) is 4.79 Å². The molecule has 3 saturated carbocycles. The number of rotatable bonds is 22. The Kier molecular flexibility index (Phi) is 25.2. The molecule has 4 aliphatic carbocycles. The van der Waals surface area contributed by atoms with Crippen LogP contribution in [0.5, 0.6) is 0 Å². The average Bonchev–Trinajstić information content (AvgIpc) is 3.59. The fourth-order valence-corrected chi connectivity index (χ4v) is 10.5. The minimum absolute atomic E-state index is 0.0712. The Balaban J connectivity index is 0.000000652. The highest BCUT2D eigenvalue weighted by atomic mass is 16.6. The predicted octanol–water partition coefficient (Wildman–Crippen LogP) is 7.46. The molecule has 0 aliphatic heterocycles. The molecule has 3 fully saturated rings. The van der Waals surface area contributed by atoms with Crippen LogP contribution in [0.15, 0.2) is 11.6 Å². The number of amides is 1. The Morgan fingerprint density at radius 1 is 0.823 bits per heavy atom. The molecule has 0 aromatic rings. The van der Waals surface area contributed by atoms with Crippen molar-refractivity contribution in [3.05, 3.63) is 11.6 Å². The fraction of sp³-hybridized carbons (Fsp3) is 0.875. The molecular formula is C48H85NO13. The smallest absolute Gasteiger partial charge is 0.407 e. The highest BCUT2D eigenvalue weighted by Gasteiger charge is 2.59. The van der Waals surface area contributed by atoms with Crippen LogP contribution in [0.25, 0.3) is 0 Å². The van der Waals surface area contributed by atoms with Crippen molar-refractivity contribution < 1.29 is 62.5 Å². The molecule has 0 spiro atoms. The second-order valence-corrected chi connectivity index (χ2v) is 19.1. The van der Waals surface area contributed by atoms with E-state index < -0.39 is 30.1 Å². The van der Waals surface area contributed by atoms with E-state index in [1.807, 2.05) is 0 Å². The normalized spacial score (nSPS) is 27.5. The summed E-state index contributed by atoms with van der Waals surface area (Å²) in [6.45, 7) is 18.6. The number of aliphatic hydroxyl groups excluding tert-OH is 2. The molecule has 0 bridgehead atoms. The van der Waals surface area contributed by atoms with Crippen LogP contribution in [-0.2, 0) is 47.5 Å². The molecule has 0 aromatic heterocycles. The summed E-state index contributed by atoms with van der Waals surface area (Å²) in [5, 5.41) is 20.5. The third-order valence-electron chi connectivity index (χ3n) is 14.0. The average molecular weight is 884 g/mol. The van der Waals surface area contributed by atoms with Gasteiger partial charge in [0.05, 0.1) is 46.2 Å². The lowest BCUT2D eigenvalue weighted by Gasteiger charge is -2.58. The number of methoxy groups -OCH3 is 2. The van der Waals surface area contributed by atoms with Gasteiger partial charge >= 0.3 is 24.0 Å². The molecule has 0 saturated heterocycles. The molecular weight excluding hydrogens is 799 g/mol. The van der Waals surface area contributed by atoms with Crippen molar-refractivity contribution in [3.8, 4) is 0 Å². The first-order chi connectivity index (χ1) is 29.4. The zero-order chi connectivity index (χ0) is 46.3. The van der Waals surface area contributed by atoms with Crippen LogP contribution in [-0.4, -0.2) is 121 Å². The van der Waals surface area contributed by atoms with Gasteiger partial charge in [-0.2, -0.15) is 0 Å². The number of fused-ring (bicyclic) bond motifs is 5. The first-order valence-electron chi connectivity index (χ1n) is 23.3. The van der Waals surface area contributed by atoms with Gasteiger partial charge in [-0.1, -0.05) is 65.5 Å². The Bertz CT molecular complexity index is 1370. The molecule has 62 heavy (non-hydrogen) atoms. The number of nitrogens with one attached hydrogen (secondary N) is 1. The van der Waals surface area contributed by atoms with Crippen molar-refractivity contribution in [2.75, 3.05) is 80.2 Å². The number of allylic oxidation sites excluding steroid dienone is 1. The van der Waals surface area contributed by atoms with E-state index in [4.69, 9.17) is 33.5 Å². The van der Waals surface area contributed by atoms with Gasteiger partial charge < -0.3 is 48.7 Å². The summed E-state index contributed by atoms with van der Waals surface area (Å²) < 4.78 is 35.0. The quantitative estimate of drug-likeness (QED) is 0.0422. The van der Waals surface area contributed by atoms with Crippen LogP contribution >= 0.6 is 0 Å². The number of ether oxygens (including phenoxy) is 7. The molecule has 3 N–H and O–H groups in total. The Morgan fingerprint density at radius 3 is 2.10 bits per heavy atom. The summed E-state index contributed by atoms with van der Waals surface area (Å²) in [4.78, 5) is 46.1. The number of carbonyl (C=O) groups excluding carboxylic acids is 4. The van der Waals surface area contributed by atoms with Gasteiger partial charge in [-0.05, 0) is 98.2 Å². The van der Waals surface area contributed by atoms with Crippen LogP contribution in [0.4, 0.5) is 4.79 Å². The summed E-state index contributed by atoms with van der Waals surface area (Å²) >= 11 is 0. The minimum atomic E-state index is -1.35. The summed E-state index contributed by atoms with van der Waals surface area (Å²) in [6.07, 6.45) is 15.8. The maximum absolute atomic E-state index is 12.6. The van der Waals surface area contributed by atoms with Crippen LogP contribution < -0.4 is 5.32 Å². The van der Waals surface area contributed by atoms with Crippen LogP contribution in [0.1, 0.15) is 132 Å². The van der Waals surface area contributed by atoms with Crippen molar-refractivity contribution >= 4 is 24.0 Å². The van der Waals surface area contributed by atoms with Gasteiger partial charge in [-0.15, -0.1) is 0 Å². The van der Waals surface area contributed by atoms with Gasteiger partial charge in [0, 0.05) is 47.5 Å². The second-order valence-electron chi connectivity index (χ2n) is 19.1. The van der Waals surface area contributed by atoms with Crippen LogP contribution in [0.2, 0.25) is 0 Å². The van der Waals surface area contributed by atoms with E-state index in [0.29, 0.717) is 44.9 Å². The van der Waals surface area contributed by atoms with Crippen LogP contribution in [0, 0.1) is 51.8 Å². The minimum Gasteiger partial charge on any atom is -0.466 e. The zero-order valence-corrected chi connectivity index (χ0v) is 40.1. The summed E-state index contributed by atoms with van der Waals surface area (Å²) in [7, 11) is 3.30. The summed E-state index contributed by atoms with van der Waals surface area (Å²) in [6, 6.07) is 0. The maximum Gasteiger partial charge on any atom is 0.407 e. The van der Waals surface area contributed by atoms with Gasteiger partial charge in [-0.3, -0.25) is 14.4 Å². The first-order valence-corrected chi connectivity index (χ1v) is 23.3. The molecule has 4 rings (SSSR count). The van der Waals surface area contributed by atoms with Crippen molar-refractivity contribution in [3.63, 3.8) is 0 Å². The lowest BCUT2D eigenvalue weighted by molar-refractivity contribution is -0.164. The zero-order valence-electron chi connectivity index (χ0n) is 40.1. The third kappa shape index (κ3) is 17.3. The van der Waals surface area contributed by atoms with Crippen molar-refractivity contribution in [1.82, 2.24) is 5.32 Å². The Morgan fingerprint density at radius 2 is 1.50 bits per heavy atom. The molecule has 3 unspecified atom stereocenters. The van der Waals surface area contributed by atoms with Crippen LogP contribution in [0.3, 0.4) is 0 Å². The van der Waals surface area contributed by atoms with E-state index >= 15 is 0 Å². The van der Waals surface area contributed by atoms with Crippen molar-refractivity contribution in [1.29, 1.82) is 0 Å². The number of carbonyl (C=O) groups is 4. The van der Waals surface area contributed by atoms with Gasteiger partial charge in [0.1, 0.15) is 24.7 Å². The summed E-state index contributed by atoms with van der Waals surface area (Å²) in [5.74, 6) is 3.28. The van der Waals surface area contributed by atoms with E-state index in [1.54, 1.807) is 14.2 Å². The number of hydrogen-bond donors (Lipinski definition) is 3. The monoisotopic (exact) mass is 884 g/mol. The molecule has 9 atom stereocenters. The van der Waals surface area contributed by atoms with Gasteiger partial charge in [0.2, 0.25) is 0 Å². The predicted molar refractivity (Wildman–Crippen MR) is 237 cm³/mol. The number of esters is 3. The molecule has 14 nitrogen and oxygen atoms in total. The Labute approximate surface area is 373 Å². The third-order valence-corrected chi connectivity index (χ3v) is 14.0. The Hall–Kier alpha value is -2.78. The van der Waals surface area contributed by atoms with Crippen molar-refractivity contribution in [2.24, 2.45) is 51.8 Å². The van der Waals surface area contributed by atoms with E-state index in [1.165, 1.54) is 77.7 Å². The standard InChI is InChI=1S/C37H61NO7.C6H14O3.C5H10O3/c1-24(2)9-8-10-25(3)30-13-14-31-29-12-11-27-21-28(15-17-36(27,6)32(29)16-18-37(30,31)7)45-34(42)38-19-20-43-33(41)35(5,22-39)23-44-26(4)40;1-7-3-5-9-6-4-8-2;1-5(7)8-4-2-3-6/h11,24-25,28-32,39H,8-10,12-23H2,1-7H3,(H,38,42);3-6H2,1-2H3;6H,2-4H2,1H3/t25-,28?,29+,30?,31+,32+,35?,36+,37-;;/m1../s1. The molecule has 360 valence electrons. The van der Waals surface area contributed by atoms with Crippen molar-refractivity contribution in [2.45, 2.75) is 139 Å². The lowest BCUT2D eigenvalue weighted by Crippen LogP contribution is -2.51. The van der Waals surface area contributed by atoms with Gasteiger partial charge in [0.15, 0.2) is 0 Å². The number of hydrogen-bond acceptors (Lipinski definition) is 13. The highest BCUT2D eigenvalue weighted by molar-refractivity contribution is 5.77. The van der Waals surface area contributed by atoms with E-state index in [-0.39, 0.29) is 43.9 Å². The van der Waals surface area contributed by atoms with E-state index in [9.17, 15) is 24.3 Å². The highest BCUT2D eigenvalue weighted by Crippen LogP contribution is 2.67. The van der Waals surface area contributed by atoms with E-state index in [2.05, 4.69) is 50.7 Å². The number of alkyl carbamates (subject to hydrolysis) is 1. The van der Waals surface area contributed by atoms with E-state index in [0.717, 1.165) is 54.8 Å². The van der Waals surface area contributed by atoms with Gasteiger partial charge in [0.25, 0.3) is 0 Å². The molecule has 14 heteroatoms. The largest absolute Gasteiger partial charge is 0.466 e. The maximum atomic E-state index is 12.6. The topological polar surface area (TPSA) is 185 Å². The fourth-order valence-electron chi connectivity index (χ4n) is 10.5. The SMILES string of the molecule is CC(=O)OCC(C)(CO)C(=O)OCCNC(=O)OC1CC[C@@]2(C)C(=CC[C@@H]3[C@@H]2CC[C@]2(C)C([C@H](C)CCCC(C)C)CC[C@@H]32)C1.CC(=O)OCCCO.COCCOCCOC. The molecule has 0 aromatic carbocycles. The molecule has 1 amide bonds. The molecule has 0 radical (unpaired) electrons.